The van der Waals surface area contributed by atoms with E-state index in [1.807, 2.05) is 6.92 Å². The standard InChI is InChI=1S/C15H20BrFN2O/c1-9-7-11(16)12(17)8-14(9)19-15(20)10-5-3-2-4-6-13(10)18/h7-8,10,13H,2-6,18H2,1H3,(H,19,20). The summed E-state index contributed by atoms with van der Waals surface area (Å²) in [7, 11) is 0. The first-order valence-electron chi connectivity index (χ1n) is 7.01. The van der Waals surface area contributed by atoms with E-state index in [9.17, 15) is 9.18 Å². The third-order valence-corrected chi connectivity index (χ3v) is 4.54. The van der Waals surface area contributed by atoms with Gasteiger partial charge in [0.15, 0.2) is 0 Å². The zero-order valence-corrected chi connectivity index (χ0v) is 13.2. The van der Waals surface area contributed by atoms with Gasteiger partial charge in [-0.05, 0) is 53.4 Å². The monoisotopic (exact) mass is 342 g/mol. The predicted molar refractivity (Wildman–Crippen MR) is 82.0 cm³/mol. The average molecular weight is 343 g/mol. The zero-order chi connectivity index (χ0) is 14.7. The van der Waals surface area contributed by atoms with Crippen LogP contribution in [0, 0.1) is 18.7 Å². The number of aryl methyl sites for hydroxylation is 1. The molecule has 1 aliphatic rings. The Labute approximate surface area is 127 Å². The van der Waals surface area contributed by atoms with Crippen LogP contribution in [0.1, 0.15) is 37.7 Å². The number of carbonyl (C=O) groups excluding carboxylic acids is 1. The Bertz CT molecular complexity index is 507. The molecule has 0 aliphatic heterocycles. The van der Waals surface area contributed by atoms with Crippen LogP contribution in [-0.2, 0) is 4.79 Å². The first-order valence-corrected chi connectivity index (χ1v) is 7.80. The minimum atomic E-state index is -0.379. The van der Waals surface area contributed by atoms with Crippen LogP contribution < -0.4 is 11.1 Å². The highest BCUT2D eigenvalue weighted by Gasteiger charge is 2.27. The second kappa shape index (κ2) is 6.68. The molecule has 0 spiro atoms. The van der Waals surface area contributed by atoms with Crippen molar-refractivity contribution < 1.29 is 9.18 Å². The smallest absolute Gasteiger partial charge is 0.229 e. The number of hydrogen-bond donors (Lipinski definition) is 2. The fourth-order valence-corrected chi connectivity index (χ4v) is 3.13. The summed E-state index contributed by atoms with van der Waals surface area (Å²) in [4.78, 5) is 12.4. The predicted octanol–water partition coefficient (Wildman–Crippen LogP) is 3.74. The fourth-order valence-electron chi connectivity index (χ4n) is 2.67. The van der Waals surface area contributed by atoms with E-state index >= 15 is 0 Å². The molecule has 2 unspecified atom stereocenters. The maximum atomic E-state index is 13.6. The van der Waals surface area contributed by atoms with Gasteiger partial charge in [-0.15, -0.1) is 0 Å². The Morgan fingerprint density at radius 1 is 1.35 bits per heavy atom. The van der Waals surface area contributed by atoms with Gasteiger partial charge in [-0.2, -0.15) is 0 Å². The summed E-state index contributed by atoms with van der Waals surface area (Å²) >= 11 is 3.14. The highest BCUT2D eigenvalue weighted by molar-refractivity contribution is 9.10. The number of benzene rings is 1. The van der Waals surface area contributed by atoms with E-state index < -0.39 is 0 Å². The number of nitrogens with one attached hydrogen (secondary N) is 1. The molecular weight excluding hydrogens is 323 g/mol. The van der Waals surface area contributed by atoms with E-state index in [1.54, 1.807) is 6.07 Å². The fraction of sp³-hybridized carbons (Fsp3) is 0.533. The van der Waals surface area contributed by atoms with Crippen LogP contribution >= 0.6 is 15.9 Å². The van der Waals surface area contributed by atoms with Crippen molar-refractivity contribution in [3.63, 3.8) is 0 Å². The molecule has 1 aromatic carbocycles. The van der Waals surface area contributed by atoms with Crippen LogP contribution in [0.2, 0.25) is 0 Å². The summed E-state index contributed by atoms with van der Waals surface area (Å²) < 4.78 is 14.0. The van der Waals surface area contributed by atoms with E-state index in [0.717, 1.165) is 37.7 Å². The largest absolute Gasteiger partial charge is 0.327 e. The molecule has 110 valence electrons. The number of carbonyl (C=O) groups is 1. The lowest BCUT2D eigenvalue weighted by Gasteiger charge is -2.21. The average Bonchev–Trinajstić information content (AvgIpc) is 2.60. The lowest BCUT2D eigenvalue weighted by atomic mass is 9.94. The summed E-state index contributed by atoms with van der Waals surface area (Å²) in [5, 5.41) is 2.83. The van der Waals surface area contributed by atoms with Gasteiger partial charge in [0.1, 0.15) is 5.82 Å². The molecule has 1 aromatic rings. The first-order chi connectivity index (χ1) is 9.49. The van der Waals surface area contributed by atoms with Gasteiger partial charge in [0, 0.05) is 11.7 Å². The van der Waals surface area contributed by atoms with E-state index in [1.165, 1.54) is 6.07 Å². The van der Waals surface area contributed by atoms with Crippen LogP contribution in [0.4, 0.5) is 10.1 Å². The van der Waals surface area contributed by atoms with Crippen LogP contribution in [0.15, 0.2) is 16.6 Å². The number of halogens is 2. The maximum absolute atomic E-state index is 13.6. The van der Waals surface area contributed by atoms with Gasteiger partial charge in [-0.3, -0.25) is 4.79 Å². The van der Waals surface area contributed by atoms with E-state index in [0.29, 0.717) is 10.2 Å². The van der Waals surface area contributed by atoms with E-state index in [2.05, 4.69) is 21.2 Å². The molecule has 20 heavy (non-hydrogen) atoms. The molecular formula is C15H20BrFN2O. The number of rotatable bonds is 2. The molecule has 2 rings (SSSR count). The third-order valence-electron chi connectivity index (χ3n) is 3.93. The second-order valence-corrected chi connectivity index (χ2v) is 6.33. The Balaban J connectivity index is 2.12. The van der Waals surface area contributed by atoms with Crippen molar-refractivity contribution in [3.05, 3.63) is 28.0 Å². The number of hydrogen-bond acceptors (Lipinski definition) is 2. The molecule has 0 heterocycles. The van der Waals surface area contributed by atoms with Gasteiger partial charge in [0.25, 0.3) is 0 Å². The van der Waals surface area contributed by atoms with Crippen molar-refractivity contribution >= 4 is 27.5 Å². The van der Waals surface area contributed by atoms with E-state index in [-0.39, 0.29) is 23.7 Å². The molecule has 1 aliphatic carbocycles. The lowest BCUT2D eigenvalue weighted by molar-refractivity contribution is -0.120. The van der Waals surface area contributed by atoms with Crippen molar-refractivity contribution in [2.75, 3.05) is 5.32 Å². The second-order valence-electron chi connectivity index (χ2n) is 5.48. The highest BCUT2D eigenvalue weighted by atomic mass is 79.9. The van der Waals surface area contributed by atoms with Crippen molar-refractivity contribution in [2.24, 2.45) is 11.7 Å². The summed E-state index contributed by atoms with van der Waals surface area (Å²) in [6, 6.07) is 2.91. The molecule has 1 fully saturated rings. The van der Waals surface area contributed by atoms with Crippen LogP contribution in [-0.4, -0.2) is 11.9 Å². The molecule has 3 nitrogen and oxygen atoms in total. The number of nitrogens with two attached hydrogens (primary N) is 1. The van der Waals surface area contributed by atoms with Crippen molar-refractivity contribution in [3.8, 4) is 0 Å². The van der Waals surface area contributed by atoms with Crippen molar-refractivity contribution in [1.29, 1.82) is 0 Å². The van der Waals surface area contributed by atoms with Crippen molar-refractivity contribution in [2.45, 2.75) is 45.1 Å². The van der Waals surface area contributed by atoms with Gasteiger partial charge < -0.3 is 11.1 Å². The molecule has 2 atom stereocenters. The molecule has 5 heteroatoms. The van der Waals surface area contributed by atoms with Gasteiger partial charge >= 0.3 is 0 Å². The maximum Gasteiger partial charge on any atom is 0.229 e. The van der Waals surface area contributed by atoms with Crippen molar-refractivity contribution in [1.82, 2.24) is 0 Å². The number of amides is 1. The molecule has 0 aromatic heterocycles. The Morgan fingerprint density at radius 2 is 2.05 bits per heavy atom. The van der Waals surface area contributed by atoms with Crippen LogP contribution in [0.25, 0.3) is 0 Å². The quantitative estimate of drug-likeness (QED) is 0.804. The number of anilines is 1. The zero-order valence-electron chi connectivity index (χ0n) is 11.6. The third kappa shape index (κ3) is 3.58. The Hall–Kier alpha value is -0.940. The normalized spacial score (nSPS) is 23.2. The highest BCUT2D eigenvalue weighted by Crippen LogP contribution is 2.27. The summed E-state index contributed by atoms with van der Waals surface area (Å²) in [6.07, 6.45) is 4.93. The van der Waals surface area contributed by atoms with Crippen LogP contribution in [0.5, 0.6) is 0 Å². The molecule has 1 saturated carbocycles. The molecule has 1 amide bonds. The Kier molecular flexibility index (Phi) is 5.16. The molecule has 3 N–H and O–H groups in total. The lowest BCUT2D eigenvalue weighted by Crippen LogP contribution is -2.37. The minimum Gasteiger partial charge on any atom is -0.327 e. The van der Waals surface area contributed by atoms with Gasteiger partial charge in [-0.25, -0.2) is 4.39 Å². The van der Waals surface area contributed by atoms with Gasteiger partial charge in [-0.1, -0.05) is 19.3 Å². The molecule has 0 saturated heterocycles. The minimum absolute atomic E-state index is 0.0933. The summed E-state index contributed by atoms with van der Waals surface area (Å²) in [5.41, 5.74) is 7.43. The molecule has 0 radical (unpaired) electrons. The molecule has 0 bridgehead atoms. The van der Waals surface area contributed by atoms with E-state index in [4.69, 9.17) is 5.73 Å². The van der Waals surface area contributed by atoms with Gasteiger partial charge in [0.2, 0.25) is 5.91 Å². The summed E-state index contributed by atoms with van der Waals surface area (Å²) in [5.74, 6) is -0.649. The van der Waals surface area contributed by atoms with Gasteiger partial charge in [0.05, 0.1) is 10.4 Å². The topological polar surface area (TPSA) is 55.1 Å². The first kappa shape index (κ1) is 15.4. The van der Waals surface area contributed by atoms with Crippen LogP contribution in [0.3, 0.4) is 0 Å². The SMILES string of the molecule is Cc1cc(Br)c(F)cc1NC(=O)C1CCCCCC1N. The summed E-state index contributed by atoms with van der Waals surface area (Å²) in [6.45, 7) is 1.84. The Morgan fingerprint density at radius 3 is 2.80 bits per heavy atom.